The molecule has 0 spiro atoms. The lowest BCUT2D eigenvalue weighted by molar-refractivity contribution is -0.885. The van der Waals surface area contributed by atoms with Gasteiger partial charge in [-0.3, -0.25) is 4.79 Å². The first-order valence-corrected chi connectivity index (χ1v) is 7.37. The van der Waals surface area contributed by atoms with Gasteiger partial charge in [0.15, 0.2) is 6.54 Å². The number of hydrogen-bond donors (Lipinski definition) is 2. The summed E-state index contributed by atoms with van der Waals surface area (Å²) >= 11 is 0. The van der Waals surface area contributed by atoms with Crippen LogP contribution in [0.3, 0.4) is 0 Å². The normalized spacial score (nSPS) is 12.0. The van der Waals surface area contributed by atoms with Crippen molar-refractivity contribution in [3.8, 4) is 0 Å². The molecule has 0 fully saturated rings. The molecule has 1 amide bonds. The Morgan fingerprint density at radius 3 is 2.59 bits per heavy atom. The third-order valence-corrected chi connectivity index (χ3v) is 3.57. The van der Waals surface area contributed by atoms with Crippen molar-refractivity contribution in [3.05, 3.63) is 65.0 Å². The summed E-state index contributed by atoms with van der Waals surface area (Å²) in [7, 11) is 1.88. The van der Waals surface area contributed by atoms with Crippen molar-refractivity contribution in [2.24, 2.45) is 0 Å². The molecule has 0 heterocycles. The number of nitrogens with one attached hydrogen (secondary N) is 2. The summed E-state index contributed by atoms with van der Waals surface area (Å²) in [5.41, 5.74) is 3.66. The molecule has 0 radical (unpaired) electrons. The van der Waals surface area contributed by atoms with Gasteiger partial charge in [0.1, 0.15) is 12.4 Å². The number of likely N-dealkylation sites (N-methyl/N-ethyl adjacent to an activating group) is 1. The number of amides is 1. The average molecular weight is 301 g/mol. The Morgan fingerprint density at radius 2 is 1.91 bits per heavy atom. The molecule has 0 bridgehead atoms. The van der Waals surface area contributed by atoms with E-state index in [0.717, 1.165) is 21.7 Å². The van der Waals surface area contributed by atoms with E-state index in [4.69, 9.17) is 0 Å². The van der Waals surface area contributed by atoms with Gasteiger partial charge in [0.25, 0.3) is 5.91 Å². The Hall–Kier alpha value is -2.20. The fraction of sp³-hybridized carbons (Fsp3) is 0.278. The maximum absolute atomic E-state index is 13.6. The molecule has 1 atom stereocenters. The number of anilines is 1. The van der Waals surface area contributed by atoms with Gasteiger partial charge >= 0.3 is 0 Å². The molecule has 0 aliphatic rings. The number of halogens is 1. The van der Waals surface area contributed by atoms with Gasteiger partial charge in [-0.05, 0) is 31.5 Å². The molecular weight excluding hydrogens is 279 g/mol. The quantitative estimate of drug-likeness (QED) is 0.871. The van der Waals surface area contributed by atoms with Gasteiger partial charge in [0.2, 0.25) is 0 Å². The second kappa shape index (κ2) is 7.18. The fourth-order valence-electron chi connectivity index (χ4n) is 2.45. The standard InChI is InChI=1S/C18H21FN2O/c1-13-8-9-17(14(2)10-13)20-18(22)12-21(3)11-15-6-4-5-7-16(15)19/h4-10H,11-12H2,1-3H3,(H,20,22)/p+1. The van der Waals surface area contributed by atoms with E-state index in [9.17, 15) is 9.18 Å². The van der Waals surface area contributed by atoms with Gasteiger partial charge in [0.05, 0.1) is 7.05 Å². The first-order chi connectivity index (χ1) is 10.5. The molecule has 0 aliphatic heterocycles. The fourth-order valence-corrected chi connectivity index (χ4v) is 2.45. The third-order valence-electron chi connectivity index (χ3n) is 3.57. The Bertz CT molecular complexity index is 670. The molecule has 4 heteroatoms. The summed E-state index contributed by atoms with van der Waals surface area (Å²) in [5.74, 6) is -0.294. The van der Waals surface area contributed by atoms with Gasteiger partial charge < -0.3 is 10.2 Å². The maximum atomic E-state index is 13.6. The molecule has 0 aliphatic carbocycles. The van der Waals surface area contributed by atoms with Crippen molar-refractivity contribution >= 4 is 11.6 Å². The number of benzene rings is 2. The molecule has 22 heavy (non-hydrogen) atoms. The Labute approximate surface area is 130 Å². The smallest absolute Gasteiger partial charge is 0.279 e. The van der Waals surface area contributed by atoms with Crippen LogP contribution in [-0.2, 0) is 11.3 Å². The minimum atomic E-state index is -0.225. The first kappa shape index (κ1) is 16.2. The first-order valence-electron chi connectivity index (χ1n) is 7.37. The Morgan fingerprint density at radius 1 is 1.18 bits per heavy atom. The summed E-state index contributed by atoms with van der Waals surface area (Å²) in [6, 6.07) is 12.6. The maximum Gasteiger partial charge on any atom is 0.279 e. The van der Waals surface area contributed by atoms with Crippen molar-refractivity contribution < 1.29 is 14.1 Å². The predicted molar refractivity (Wildman–Crippen MR) is 86.4 cm³/mol. The highest BCUT2D eigenvalue weighted by Crippen LogP contribution is 2.15. The number of rotatable bonds is 5. The highest BCUT2D eigenvalue weighted by Gasteiger charge is 2.13. The lowest BCUT2D eigenvalue weighted by Gasteiger charge is -2.15. The van der Waals surface area contributed by atoms with Crippen molar-refractivity contribution in [3.63, 3.8) is 0 Å². The van der Waals surface area contributed by atoms with E-state index in [1.807, 2.05) is 39.1 Å². The van der Waals surface area contributed by atoms with Crippen LogP contribution in [0.1, 0.15) is 16.7 Å². The zero-order valence-corrected chi connectivity index (χ0v) is 13.2. The summed E-state index contributed by atoms with van der Waals surface area (Å²) in [6.45, 7) is 4.76. The lowest BCUT2D eigenvalue weighted by atomic mass is 10.1. The molecule has 3 nitrogen and oxygen atoms in total. The van der Waals surface area contributed by atoms with Crippen molar-refractivity contribution in [1.29, 1.82) is 0 Å². The van der Waals surface area contributed by atoms with Crippen molar-refractivity contribution in [1.82, 2.24) is 0 Å². The van der Waals surface area contributed by atoms with E-state index in [2.05, 4.69) is 5.32 Å². The van der Waals surface area contributed by atoms with Gasteiger partial charge in [0, 0.05) is 11.3 Å². The molecule has 1 unspecified atom stereocenters. The minimum absolute atomic E-state index is 0.0687. The zero-order valence-electron chi connectivity index (χ0n) is 13.2. The third kappa shape index (κ3) is 4.40. The number of hydrogen-bond acceptors (Lipinski definition) is 1. The number of carbonyl (C=O) groups excluding carboxylic acids is 1. The lowest BCUT2D eigenvalue weighted by Crippen LogP contribution is -3.08. The molecule has 2 rings (SSSR count). The summed E-state index contributed by atoms with van der Waals surface area (Å²) in [4.78, 5) is 13.0. The molecule has 2 N–H and O–H groups in total. The van der Waals surface area contributed by atoms with Gasteiger partial charge in [-0.2, -0.15) is 0 Å². The average Bonchev–Trinajstić information content (AvgIpc) is 2.44. The highest BCUT2D eigenvalue weighted by atomic mass is 19.1. The molecule has 0 saturated carbocycles. The van der Waals surface area contributed by atoms with Gasteiger partial charge in [-0.1, -0.05) is 35.9 Å². The van der Waals surface area contributed by atoms with Crippen LogP contribution < -0.4 is 10.2 Å². The minimum Gasteiger partial charge on any atom is -0.326 e. The van der Waals surface area contributed by atoms with Crippen LogP contribution in [0.15, 0.2) is 42.5 Å². The molecule has 116 valence electrons. The predicted octanol–water partition coefficient (Wildman–Crippen LogP) is 2.10. The second-order valence-electron chi connectivity index (χ2n) is 5.77. The second-order valence-corrected chi connectivity index (χ2v) is 5.77. The molecule has 0 aromatic heterocycles. The molecular formula is C18H22FN2O+. The van der Waals surface area contributed by atoms with Crippen LogP contribution in [-0.4, -0.2) is 19.5 Å². The Kier molecular flexibility index (Phi) is 5.28. The molecule has 0 saturated heterocycles. The largest absolute Gasteiger partial charge is 0.326 e. The number of quaternary nitrogens is 1. The van der Waals surface area contributed by atoms with Crippen LogP contribution >= 0.6 is 0 Å². The van der Waals surface area contributed by atoms with E-state index >= 15 is 0 Å². The SMILES string of the molecule is Cc1ccc(NC(=O)C[NH+](C)Cc2ccccc2F)c(C)c1. The zero-order chi connectivity index (χ0) is 16.1. The van der Waals surface area contributed by atoms with Crippen LogP contribution in [0.25, 0.3) is 0 Å². The highest BCUT2D eigenvalue weighted by molar-refractivity contribution is 5.92. The van der Waals surface area contributed by atoms with Crippen LogP contribution in [0.4, 0.5) is 10.1 Å². The van der Waals surface area contributed by atoms with E-state index in [1.165, 1.54) is 6.07 Å². The molecule has 2 aromatic rings. The number of aryl methyl sites for hydroxylation is 2. The van der Waals surface area contributed by atoms with E-state index in [0.29, 0.717) is 18.7 Å². The van der Waals surface area contributed by atoms with Crippen LogP contribution in [0, 0.1) is 19.7 Å². The van der Waals surface area contributed by atoms with E-state index in [-0.39, 0.29) is 11.7 Å². The molecule has 2 aromatic carbocycles. The van der Waals surface area contributed by atoms with Gasteiger partial charge in [-0.15, -0.1) is 0 Å². The monoisotopic (exact) mass is 301 g/mol. The number of carbonyl (C=O) groups is 1. The summed E-state index contributed by atoms with van der Waals surface area (Å²) in [5, 5.41) is 2.92. The van der Waals surface area contributed by atoms with Crippen LogP contribution in [0.2, 0.25) is 0 Å². The van der Waals surface area contributed by atoms with Crippen LogP contribution in [0.5, 0.6) is 0 Å². The van der Waals surface area contributed by atoms with E-state index in [1.54, 1.807) is 18.2 Å². The summed E-state index contributed by atoms with van der Waals surface area (Å²) < 4.78 is 13.6. The van der Waals surface area contributed by atoms with Crippen molar-refractivity contribution in [2.75, 3.05) is 18.9 Å². The van der Waals surface area contributed by atoms with Crippen molar-refractivity contribution in [2.45, 2.75) is 20.4 Å². The Balaban J connectivity index is 1.93. The topological polar surface area (TPSA) is 33.5 Å². The summed E-state index contributed by atoms with van der Waals surface area (Å²) in [6.07, 6.45) is 0. The van der Waals surface area contributed by atoms with Gasteiger partial charge in [-0.25, -0.2) is 4.39 Å². The van der Waals surface area contributed by atoms with E-state index < -0.39 is 0 Å².